The molecule has 38 heavy (non-hydrogen) atoms. The van der Waals surface area contributed by atoms with Crippen LogP contribution in [0.1, 0.15) is 0 Å². The highest BCUT2D eigenvalue weighted by molar-refractivity contribution is 9.10. The number of aromatic nitrogens is 4. The van der Waals surface area contributed by atoms with Crippen molar-refractivity contribution in [2.75, 3.05) is 0 Å². The molecule has 0 aliphatic rings. The van der Waals surface area contributed by atoms with Gasteiger partial charge in [0.05, 0.1) is 11.0 Å². The van der Waals surface area contributed by atoms with Crippen LogP contribution in [0.15, 0.2) is 132 Å². The van der Waals surface area contributed by atoms with E-state index in [9.17, 15) is 0 Å². The number of halogens is 1. The molecular formula is C33H21BrN4. The van der Waals surface area contributed by atoms with Gasteiger partial charge in [0.25, 0.3) is 0 Å². The first kappa shape index (κ1) is 22.6. The summed E-state index contributed by atoms with van der Waals surface area (Å²) in [5.74, 6) is 1.30. The first-order valence-corrected chi connectivity index (χ1v) is 13.2. The predicted octanol–water partition coefficient (Wildman–Crippen LogP) is 8.73. The van der Waals surface area contributed by atoms with E-state index in [1.165, 1.54) is 10.8 Å². The van der Waals surface area contributed by atoms with E-state index >= 15 is 0 Å². The van der Waals surface area contributed by atoms with E-state index in [4.69, 9.17) is 4.98 Å². The molecule has 5 aromatic carbocycles. The smallest absolute Gasteiger partial charge is 0.163 e. The highest BCUT2D eigenvalue weighted by Crippen LogP contribution is 2.35. The highest BCUT2D eigenvalue weighted by Gasteiger charge is 2.15. The molecule has 0 radical (unpaired) electrons. The lowest BCUT2D eigenvalue weighted by Crippen LogP contribution is -1.98. The van der Waals surface area contributed by atoms with E-state index in [-0.39, 0.29) is 0 Å². The van der Waals surface area contributed by atoms with E-state index in [1.807, 2.05) is 30.3 Å². The molecule has 2 aromatic heterocycles. The second kappa shape index (κ2) is 9.36. The topological polar surface area (TPSA) is 43.6 Å². The number of benzene rings is 5. The lowest BCUT2D eigenvalue weighted by atomic mass is 9.99. The molecule has 180 valence electrons. The van der Waals surface area contributed by atoms with Crippen LogP contribution in [0, 0.1) is 0 Å². The quantitative estimate of drug-likeness (QED) is 0.219. The zero-order valence-electron chi connectivity index (χ0n) is 20.3. The number of hydrogen-bond donors (Lipinski definition) is 0. The largest absolute Gasteiger partial charge is 0.309 e. The lowest BCUT2D eigenvalue weighted by Gasteiger charge is -2.11. The molecule has 0 fully saturated rings. The minimum absolute atomic E-state index is 0.642. The maximum atomic E-state index is 4.92. The Morgan fingerprint density at radius 1 is 0.526 bits per heavy atom. The minimum atomic E-state index is 0.642. The fraction of sp³-hybridized carbons (Fsp3) is 0. The van der Waals surface area contributed by atoms with E-state index in [0.29, 0.717) is 11.6 Å². The van der Waals surface area contributed by atoms with Crippen LogP contribution in [0.3, 0.4) is 0 Å². The third kappa shape index (κ3) is 3.88. The number of para-hydroxylation sites is 1. The van der Waals surface area contributed by atoms with Crippen molar-refractivity contribution in [1.82, 2.24) is 19.5 Å². The minimum Gasteiger partial charge on any atom is -0.309 e. The second-order valence-electron chi connectivity index (χ2n) is 9.11. The van der Waals surface area contributed by atoms with E-state index < -0.39 is 0 Å². The number of hydrogen-bond acceptors (Lipinski definition) is 3. The fourth-order valence-electron chi connectivity index (χ4n) is 5.12. The average Bonchev–Trinajstić information content (AvgIpc) is 3.31. The van der Waals surface area contributed by atoms with Crippen LogP contribution in [0.5, 0.6) is 0 Å². The van der Waals surface area contributed by atoms with Crippen molar-refractivity contribution in [2.45, 2.75) is 0 Å². The van der Waals surface area contributed by atoms with Gasteiger partial charge in [0.1, 0.15) is 6.33 Å². The number of nitrogens with zero attached hydrogens (tertiary/aromatic N) is 4. The summed E-state index contributed by atoms with van der Waals surface area (Å²) in [5, 5.41) is 2.43. The standard InChI is InChI=1S/C33H21BrN4/c34-24-17-18-31-29(20-24)27-14-6-7-16-30(27)38(31)25-12-8-11-23(19-25)32-35-21-36-33(37-32)28-15-5-4-13-26(28)22-9-2-1-3-10-22/h1-21H. The number of rotatable bonds is 4. The van der Waals surface area contributed by atoms with Gasteiger partial charge in [-0.25, -0.2) is 15.0 Å². The Morgan fingerprint density at radius 2 is 1.24 bits per heavy atom. The molecule has 7 rings (SSSR count). The summed E-state index contributed by atoms with van der Waals surface area (Å²) in [6.45, 7) is 0. The zero-order chi connectivity index (χ0) is 25.5. The van der Waals surface area contributed by atoms with Gasteiger partial charge < -0.3 is 4.57 Å². The molecule has 2 heterocycles. The van der Waals surface area contributed by atoms with Gasteiger partial charge >= 0.3 is 0 Å². The Labute approximate surface area is 228 Å². The molecule has 5 heteroatoms. The highest BCUT2D eigenvalue weighted by atomic mass is 79.9. The van der Waals surface area contributed by atoms with Gasteiger partial charge in [-0.1, -0.05) is 101 Å². The van der Waals surface area contributed by atoms with Crippen molar-refractivity contribution in [3.63, 3.8) is 0 Å². The monoisotopic (exact) mass is 552 g/mol. The third-order valence-electron chi connectivity index (χ3n) is 6.82. The van der Waals surface area contributed by atoms with Crippen molar-refractivity contribution in [3.05, 3.63) is 132 Å². The van der Waals surface area contributed by atoms with Crippen LogP contribution in [0.4, 0.5) is 0 Å². The molecule has 0 saturated carbocycles. The second-order valence-corrected chi connectivity index (χ2v) is 10.0. The van der Waals surface area contributed by atoms with E-state index in [2.05, 4.69) is 121 Å². The average molecular weight is 553 g/mol. The zero-order valence-corrected chi connectivity index (χ0v) is 21.9. The van der Waals surface area contributed by atoms with Gasteiger partial charge in [0, 0.05) is 32.1 Å². The molecule has 0 amide bonds. The molecule has 4 nitrogen and oxygen atoms in total. The summed E-state index contributed by atoms with van der Waals surface area (Å²) in [4.78, 5) is 14.0. The summed E-state index contributed by atoms with van der Waals surface area (Å²) in [5.41, 5.74) is 7.51. The van der Waals surface area contributed by atoms with Crippen LogP contribution < -0.4 is 0 Å². The van der Waals surface area contributed by atoms with Gasteiger partial charge in [-0.15, -0.1) is 0 Å². The summed E-state index contributed by atoms with van der Waals surface area (Å²) in [6, 6.07) is 41.9. The molecule has 0 unspecified atom stereocenters. The third-order valence-corrected chi connectivity index (χ3v) is 7.32. The molecule has 0 spiro atoms. The molecule has 0 bridgehead atoms. The van der Waals surface area contributed by atoms with Gasteiger partial charge in [-0.3, -0.25) is 0 Å². The van der Waals surface area contributed by atoms with Gasteiger partial charge in [0.2, 0.25) is 0 Å². The maximum Gasteiger partial charge on any atom is 0.163 e. The predicted molar refractivity (Wildman–Crippen MR) is 158 cm³/mol. The van der Waals surface area contributed by atoms with Crippen molar-refractivity contribution in [2.24, 2.45) is 0 Å². The fourth-order valence-corrected chi connectivity index (χ4v) is 5.48. The Kier molecular flexibility index (Phi) is 5.56. The van der Waals surface area contributed by atoms with Gasteiger partial charge in [0.15, 0.2) is 11.6 Å². The molecule has 0 aliphatic carbocycles. The molecule has 0 aliphatic heterocycles. The van der Waals surface area contributed by atoms with Gasteiger partial charge in [-0.05, 0) is 47.5 Å². The van der Waals surface area contributed by atoms with Crippen molar-refractivity contribution < 1.29 is 0 Å². The van der Waals surface area contributed by atoms with Crippen LogP contribution in [0.25, 0.3) is 61.4 Å². The summed E-state index contributed by atoms with van der Waals surface area (Å²) in [7, 11) is 0. The first-order valence-electron chi connectivity index (χ1n) is 12.4. The molecule has 0 N–H and O–H groups in total. The van der Waals surface area contributed by atoms with Crippen LogP contribution in [0.2, 0.25) is 0 Å². The Bertz CT molecular complexity index is 1940. The van der Waals surface area contributed by atoms with Crippen molar-refractivity contribution in [1.29, 1.82) is 0 Å². The Morgan fingerprint density at radius 3 is 2.13 bits per heavy atom. The van der Waals surface area contributed by atoms with Crippen molar-refractivity contribution in [3.8, 4) is 39.6 Å². The summed E-state index contributed by atoms with van der Waals surface area (Å²) < 4.78 is 3.36. The summed E-state index contributed by atoms with van der Waals surface area (Å²) >= 11 is 3.64. The van der Waals surface area contributed by atoms with Crippen molar-refractivity contribution >= 4 is 37.7 Å². The van der Waals surface area contributed by atoms with Gasteiger partial charge in [-0.2, -0.15) is 0 Å². The molecule has 0 saturated heterocycles. The normalized spacial score (nSPS) is 11.3. The van der Waals surface area contributed by atoms with E-state index in [1.54, 1.807) is 6.33 Å². The molecule has 0 atom stereocenters. The lowest BCUT2D eigenvalue weighted by molar-refractivity contribution is 1.06. The molecular weight excluding hydrogens is 532 g/mol. The van der Waals surface area contributed by atoms with E-state index in [0.717, 1.165) is 43.4 Å². The summed E-state index contributed by atoms with van der Waals surface area (Å²) in [6.07, 6.45) is 1.60. The number of fused-ring (bicyclic) bond motifs is 3. The molecule has 7 aromatic rings. The van der Waals surface area contributed by atoms with Crippen LogP contribution in [-0.2, 0) is 0 Å². The Balaban J connectivity index is 1.36. The maximum absolute atomic E-state index is 4.92. The Hall–Kier alpha value is -4.61. The first-order chi connectivity index (χ1) is 18.8. The van der Waals surface area contributed by atoms with Crippen LogP contribution in [-0.4, -0.2) is 19.5 Å². The SMILES string of the molecule is Brc1ccc2c(c1)c1ccccc1n2-c1cccc(-c2ncnc(-c3ccccc3-c3ccccc3)n2)c1. The van der Waals surface area contributed by atoms with Crippen LogP contribution >= 0.6 is 15.9 Å².